The summed E-state index contributed by atoms with van der Waals surface area (Å²) < 4.78 is 0. The maximum Gasteiger partial charge on any atom is 0.414 e. The van der Waals surface area contributed by atoms with Crippen LogP contribution in [0.2, 0.25) is 0 Å². The number of carboxylic acids is 2. The normalized spacial score (nSPS) is 9.97. The molecule has 0 heterocycles. The van der Waals surface area contributed by atoms with Gasteiger partial charge in [-0.05, 0) is 57.9 Å². The molecule has 30 heavy (non-hydrogen) atoms. The van der Waals surface area contributed by atoms with Gasteiger partial charge in [0, 0.05) is 0 Å². The molecular formula is C21H28N4O5. The topological polar surface area (TPSA) is 122 Å². The number of aliphatic carboxylic acids is 2. The molecule has 0 spiro atoms. The monoisotopic (exact) mass is 416 g/mol. The van der Waals surface area contributed by atoms with Crippen LogP contribution in [-0.2, 0) is 14.4 Å². The molecule has 0 aliphatic carbocycles. The number of para-hydroxylation sites is 2. The Labute approximate surface area is 175 Å². The van der Waals surface area contributed by atoms with Crippen molar-refractivity contribution in [3.63, 3.8) is 0 Å². The number of hydrogen-bond donors (Lipinski definition) is 4. The number of carbonyl (C=O) groups is 3. The van der Waals surface area contributed by atoms with Gasteiger partial charge < -0.3 is 20.4 Å². The van der Waals surface area contributed by atoms with E-state index in [4.69, 9.17) is 19.8 Å². The first-order chi connectivity index (χ1) is 14.3. The van der Waals surface area contributed by atoms with E-state index in [1.165, 1.54) is 0 Å². The highest BCUT2D eigenvalue weighted by Crippen LogP contribution is 2.22. The Kier molecular flexibility index (Phi) is 11.2. The summed E-state index contributed by atoms with van der Waals surface area (Å²) in [6.07, 6.45) is 1.02. The molecule has 0 saturated heterocycles. The van der Waals surface area contributed by atoms with Crippen LogP contribution in [0.5, 0.6) is 0 Å². The SMILES string of the molecule is CN(C)CCCNCC(=O)NN(c1ccccc1)c1ccccc1.O=C(O)C(=O)O. The van der Waals surface area contributed by atoms with Crippen molar-refractivity contribution >= 4 is 29.2 Å². The molecule has 4 N–H and O–H groups in total. The van der Waals surface area contributed by atoms with Crippen molar-refractivity contribution in [2.75, 3.05) is 38.7 Å². The van der Waals surface area contributed by atoms with Crippen LogP contribution < -0.4 is 15.8 Å². The van der Waals surface area contributed by atoms with Gasteiger partial charge in [0.2, 0.25) is 0 Å². The number of hydrogen-bond acceptors (Lipinski definition) is 6. The predicted octanol–water partition coefficient (Wildman–Crippen LogP) is 1.55. The molecular weight excluding hydrogens is 388 g/mol. The van der Waals surface area contributed by atoms with Gasteiger partial charge in [-0.15, -0.1) is 0 Å². The fourth-order valence-electron chi connectivity index (χ4n) is 2.32. The average molecular weight is 416 g/mol. The number of carboxylic acid groups (broad SMARTS) is 2. The zero-order valence-electron chi connectivity index (χ0n) is 17.1. The Morgan fingerprint density at radius 1 is 0.833 bits per heavy atom. The zero-order valence-corrected chi connectivity index (χ0v) is 17.1. The molecule has 0 aliphatic rings. The van der Waals surface area contributed by atoms with E-state index in [2.05, 4.69) is 15.6 Å². The van der Waals surface area contributed by atoms with E-state index in [0.717, 1.165) is 30.9 Å². The van der Waals surface area contributed by atoms with E-state index >= 15 is 0 Å². The Hall–Kier alpha value is -3.43. The summed E-state index contributed by atoms with van der Waals surface area (Å²) in [5.74, 6) is -3.71. The summed E-state index contributed by atoms with van der Waals surface area (Å²) in [6, 6.07) is 19.6. The standard InChI is InChI=1S/C19H26N4O.C2H2O4/c1-22(2)15-9-14-20-16-19(24)21-23(17-10-5-3-6-11-17)18-12-7-4-8-13-18;3-1(4)2(5)6/h3-8,10-13,20H,9,14-16H2,1-2H3,(H,21,24);(H,3,4)(H,5,6). The van der Waals surface area contributed by atoms with Crippen LogP contribution in [0, 0.1) is 0 Å². The largest absolute Gasteiger partial charge is 0.473 e. The molecule has 2 rings (SSSR count). The Balaban J connectivity index is 0.000000656. The van der Waals surface area contributed by atoms with Gasteiger partial charge in [0.1, 0.15) is 0 Å². The second-order valence-electron chi connectivity index (χ2n) is 6.49. The highest BCUT2D eigenvalue weighted by Gasteiger charge is 2.12. The van der Waals surface area contributed by atoms with Gasteiger partial charge in [-0.1, -0.05) is 36.4 Å². The third kappa shape index (κ3) is 10.2. The molecule has 2 aromatic rings. The smallest absolute Gasteiger partial charge is 0.414 e. The second kappa shape index (κ2) is 13.7. The third-order valence-corrected chi connectivity index (χ3v) is 3.69. The molecule has 9 nitrogen and oxygen atoms in total. The number of amides is 1. The van der Waals surface area contributed by atoms with Crippen LogP contribution in [0.3, 0.4) is 0 Å². The van der Waals surface area contributed by atoms with E-state index in [-0.39, 0.29) is 5.91 Å². The number of carbonyl (C=O) groups excluding carboxylic acids is 1. The summed E-state index contributed by atoms with van der Waals surface area (Å²) in [7, 11) is 4.09. The number of nitrogens with zero attached hydrogens (tertiary/aromatic N) is 2. The molecule has 0 fully saturated rings. The molecule has 0 bridgehead atoms. The number of nitrogens with one attached hydrogen (secondary N) is 2. The molecule has 0 unspecified atom stereocenters. The highest BCUT2D eigenvalue weighted by atomic mass is 16.4. The van der Waals surface area contributed by atoms with Gasteiger partial charge in [0.15, 0.2) is 0 Å². The second-order valence-corrected chi connectivity index (χ2v) is 6.49. The van der Waals surface area contributed by atoms with Crippen molar-refractivity contribution in [1.29, 1.82) is 0 Å². The maximum absolute atomic E-state index is 12.3. The zero-order chi connectivity index (χ0) is 22.4. The maximum atomic E-state index is 12.3. The molecule has 9 heteroatoms. The third-order valence-electron chi connectivity index (χ3n) is 3.69. The van der Waals surface area contributed by atoms with Crippen LogP contribution in [0.1, 0.15) is 6.42 Å². The van der Waals surface area contributed by atoms with Crippen LogP contribution in [0.4, 0.5) is 11.4 Å². The molecule has 0 aromatic heterocycles. The highest BCUT2D eigenvalue weighted by molar-refractivity contribution is 6.27. The molecule has 0 saturated carbocycles. The van der Waals surface area contributed by atoms with Gasteiger partial charge in [0.05, 0.1) is 17.9 Å². The Morgan fingerprint density at radius 2 is 1.30 bits per heavy atom. The minimum absolute atomic E-state index is 0.0624. The van der Waals surface area contributed by atoms with E-state index in [0.29, 0.717) is 6.54 Å². The van der Waals surface area contributed by atoms with Crippen molar-refractivity contribution in [1.82, 2.24) is 15.6 Å². The lowest BCUT2D eigenvalue weighted by molar-refractivity contribution is -0.159. The predicted molar refractivity (Wildman–Crippen MR) is 114 cm³/mol. The van der Waals surface area contributed by atoms with Crippen molar-refractivity contribution in [2.24, 2.45) is 0 Å². The minimum Gasteiger partial charge on any atom is -0.473 e. The molecule has 162 valence electrons. The van der Waals surface area contributed by atoms with Crippen LogP contribution in [-0.4, -0.2) is 66.7 Å². The van der Waals surface area contributed by atoms with Gasteiger partial charge in [-0.25, -0.2) is 9.59 Å². The Morgan fingerprint density at radius 3 is 1.70 bits per heavy atom. The van der Waals surface area contributed by atoms with E-state index < -0.39 is 11.9 Å². The van der Waals surface area contributed by atoms with Crippen molar-refractivity contribution in [3.05, 3.63) is 60.7 Å². The Bertz CT molecular complexity index is 733. The van der Waals surface area contributed by atoms with E-state index in [1.807, 2.05) is 79.8 Å². The average Bonchev–Trinajstić information content (AvgIpc) is 2.73. The van der Waals surface area contributed by atoms with Crippen LogP contribution in [0.25, 0.3) is 0 Å². The fraction of sp³-hybridized carbons (Fsp3) is 0.286. The van der Waals surface area contributed by atoms with Crippen molar-refractivity contribution < 1.29 is 24.6 Å². The summed E-state index contributed by atoms with van der Waals surface area (Å²) >= 11 is 0. The van der Waals surface area contributed by atoms with Gasteiger partial charge in [0.25, 0.3) is 5.91 Å². The summed E-state index contributed by atoms with van der Waals surface area (Å²) in [4.78, 5) is 32.6. The first kappa shape index (κ1) is 24.6. The first-order valence-corrected chi connectivity index (χ1v) is 9.32. The number of hydrazine groups is 1. The number of benzene rings is 2. The molecule has 0 atom stereocenters. The van der Waals surface area contributed by atoms with Gasteiger partial charge in [-0.2, -0.15) is 0 Å². The summed E-state index contributed by atoms with van der Waals surface area (Å²) in [6.45, 7) is 2.13. The van der Waals surface area contributed by atoms with Crippen LogP contribution >= 0.6 is 0 Å². The lowest BCUT2D eigenvalue weighted by Crippen LogP contribution is -2.43. The van der Waals surface area contributed by atoms with Gasteiger partial charge in [-0.3, -0.25) is 15.2 Å². The fourth-order valence-corrected chi connectivity index (χ4v) is 2.32. The lowest BCUT2D eigenvalue weighted by atomic mass is 10.2. The molecule has 0 radical (unpaired) electrons. The van der Waals surface area contributed by atoms with Crippen LogP contribution in [0.15, 0.2) is 60.7 Å². The molecule has 1 amide bonds. The first-order valence-electron chi connectivity index (χ1n) is 9.32. The number of anilines is 2. The minimum atomic E-state index is -1.82. The number of rotatable bonds is 9. The molecule has 2 aromatic carbocycles. The quantitative estimate of drug-likeness (QED) is 0.276. The molecule has 0 aliphatic heterocycles. The lowest BCUT2D eigenvalue weighted by Gasteiger charge is -2.25. The van der Waals surface area contributed by atoms with E-state index in [1.54, 1.807) is 0 Å². The van der Waals surface area contributed by atoms with Gasteiger partial charge >= 0.3 is 11.9 Å². The summed E-state index contributed by atoms with van der Waals surface area (Å²) in [5.41, 5.74) is 4.81. The summed E-state index contributed by atoms with van der Waals surface area (Å²) in [5, 5.41) is 19.8. The van der Waals surface area contributed by atoms with Crippen molar-refractivity contribution in [3.8, 4) is 0 Å². The van der Waals surface area contributed by atoms with E-state index in [9.17, 15) is 4.79 Å². The van der Waals surface area contributed by atoms with Crippen molar-refractivity contribution in [2.45, 2.75) is 6.42 Å².